The highest BCUT2D eigenvalue weighted by Gasteiger charge is 2.53. The van der Waals surface area contributed by atoms with Gasteiger partial charge in [-0.1, -0.05) is 58.0 Å². The first-order valence-corrected chi connectivity index (χ1v) is 16.8. The van der Waals surface area contributed by atoms with Crippen molar-refractivity contribution in [1.29, 1.82) is 0 Å². The molecule has 0 saturated carbocycles. The number of cyclic esters (lactones) is 1. The summed E-state index contributed by atoms with van der Waals surface area (Å²) in [7, 11) is 0. The zero-order chi connectivity index (χ0) is 33.4. The smallest absolute Gasteiger partial charge is 0.341 e. The molecule has 11 nitrogen and oxygen atoms in total. The lowest BCUT2D eigenvalue weighted by atomic mass is 9.82. The number of carbonyl (C=O) groups is 3. The molecule has 2 unspecified atom stereocenters. The van der Waals surface area contributed by atoms with Crippen molar-refractivity contribution in [3.8, 4) is 0 Å². The van der Waals surface area contributed by atoms with Crippen LogP contribution in [0.3, 0.4) is 0 Å². The first kappa shape index (κ1) is 31.6. The number of amides is 2. The van der Waals surface area contributed by atoms with Crippen LogP contribution in [0.1, 0.15) is 82.0 Å². The molecule has 3 aromatic rings. The van der Waals surface area contributed by atoms with E-state index in [2.05, 4.69) is 58.3 Å². The predicted molar refractivity (Wildman–Crippen MR) is 176 cm³/mol. The van der Waals surface area contributed by atoms with Gasteiger partial charge in [0, 0.05) is 55.5 Å². The Labute approximate surface area is 276 Å². The number of pyridine rings is 1. The van der Waals surface area contributed by atoms with Crippen LogP contribution in [0.25, 0.3) is 5.65 Å². The standard InChI is InChI=1S/C36H46N6O5/c1-24-18-26(39-15-12-34(5,21-39)25-10-8-7-9-11-25)20-42-29(24)37-28(38-42)30(44)41-17-14-36(23-41)13-16-40(22-36)27(43)19-35(6)31(45)46-32(47-35)33(2,3)4/h7-11,18,20,32H,12-17,19,21-23H2,1-6H3/t32?,34-,35?,36+/m0/s1. The molecular formula is C36H46N6O5. The van der Waals surface area contributed by atoms with Gasteiger partial charge in [-0.25, -0.2) is 14.3 Å². The second-order valence-corrected chi connectivity index (χ2v) is 15.9. The summed E-state index contributed by atoms with van der Waals surface area (Å²) in [6, 6.07) is 12.8. The predicted octanol–water partition coefficient (Wildman–Crippen LogP) is 4.36. The molecule has 4 saturated heterocycles. The Morgan fingerprint density at radius 1 is 0.979 bits per heavy atom. The fraction of sp³-hybridized carbons (Fsp3) is 0.583. The second kappa shape index (κ2) is 11.0. The average Bonchev–Trinajstić information content (AvgIpc) is 3.86. The van der Waals surface area contributed by atoms with Gasteiger partial charge in [-0.15, -0.1) is 5.10 Å². The normalized spacial score (nSPS) is 29.4. The molecule has 250 valence electrons. The molecule has 0 N–H and O–H groups in total. The van der Waals surface area contributed by atoms with Crippen LogP contribution in [0.15, 0.2) is 42.6 Å². The SMILES string of the molecule is Cc1cc(N2CC[C@](C)(c3ccccc3)C2)cn2nc(C(=O)N3CC[C@@]4(CCN(C(=O)CC5(C)OC(C(C)(C)C)OC5=O)C4)C3)nc12. The number of fused-ring (bicyclic) bond motifs is 1. The maximum atomic E-state index is 13.7. The van der Waals surface area contributed by atoms with Crippen molar-refractivity contribution in [2.24, 2.45) is 10.8 Å². The number of benzene rings is 1. The second-order valence-electron chi connectivity index (χ2n) is 15.9. The third-order valence-corrected chi connectivity index (χ3v) is 10.8. The molecule has 1 spiro atoms. The minimum atomic E-state index is -1.30. The average molecular weight is 643 g/mol. The van der Waals surface area contributed by atoms with Crippen LogP contribution < -0.4 is 4.90 Å². The van der Waals surface area contributed by atoms with Crippen LogP contribution in [0, 0.1) is 17.8 Å². The summed E-state index contributed by atoms with van der Waals surface area (Å²) >= 11 is 0. The van der Waals surface area contributed by atoms with Gasteiger partial charge in [-0.05, 0) is 50.3 Å². The first-order chi connectivity index (χ1) is 22.2. The molecule has 0 aliphatic carbocycles. The summed E-state index contributed by atoms with van der Waals surface area (Å²) in [6.07, 6.45) is 3.90. The van der Waals surface area contributed by atoms with E-state index in [1.807, 2.05) is 43.7 Å². The maximum absolute atomic E-state index is 13.7. The van der Waals surface area contributed by atoms with E-state index in [9.17, 15) is 14.4 Å². The van der Waals surface area contributed by atoms with Crippen molar-refractivity contribution in [1.82, 2.24) is 24.4 Å². The van der Waals surface area contributed by atoms with Gasteiger partial charge in [-0.3, -0.25) is 9.59 Å². The molecule has 0 radical (unpaired) electrons. The molecule has 2 aromatic heterocycles. The lowest BCUT2D eigenvalue weighted by Crippen LogP contribution is -2.42. The molecule has 4 aliphatic heterocycles. The van der Waals surface area contributed by atoms with Crippen molar-refractivity contribution in [3.05, 3.63) is 59.5 Å². The van der Waals surface area contributed by atoms with Gasteiger partial charge in [0.15, 0.2) is 11.2 Å². The minimum absolute atomic E-state index is 0.0629. The number of aromatic nitrogens is 3. The number of esters is 1. The van der Waals surface area contributed by atoms with E-state index in [1.165, 1.54) is 5.56 Å². The molecule has 2 amide bonds. The monoisotopic (exact) mass is 642 g/mol. The number of carbonyl (C=O) groups excluding carboxylic acids is 3. The highest BCUT2D eigenvalue weighted by Crippen LogP contribution is 2.42. The quantitative estimate of drug-likeness (QED) is 0.378. The van der Waals surface area contributed by atoms with E-state index in [-0.39, 0.29) is 40.3 Å². The Bertz CT molecular complexity index is 1730. The summed E-state index contributed by atoms with van der Waals surface area (Å²) in [5.74, 6) is -0.610. The fourth-order valence-electron chi connectivity index (χ4n) is 7.78. The van der Waals surface area contributed by atoms with Crippen LogP contribution in [0.2, 0.25) is 0 Å². The molecule has 47 heavy (non-hydrogen) atoms. The zero-order valence-corrected chi connectivity index (χ0v) is 28.4. The van der Waals surface area contributed by atoms with Crippen LogP contribution in [-0.2, 0) is 24.5 Å². The highest BCUT2D eigenvalue weighted by molar-refractivity contribution is 5.91. The molecule has 0 bridgehead atoms. The molecule has 4 fully saturated rings. The van der Waals surface area contributed by atoms with Gasteiger partial charge in [0.2, 0.25) is 18.0 Å². The Morgan fingerprint density at radius 3 is 2.38 bits per heavy atom. The summed E-state index contributed by atoms with van der Waals surface area (Å²) < 4.78 is 13.2. The molecular weight excluding hydrogens is 596 g/mol. The van der Waals surface area contributed by atoms with Crippen molar-refractivity contribution >= 4 is 29.1 Å². The maximum Gasteiger partial charge on any atom is 0.341 e. The molecule has 11 heteroatoms. The van der Waals surface area contributed by atoms with Crippen LogP contribution >= 0.6 is 0 Å². The van der Waals surface area contributed by atoms with Gasteiger partial charge in [0.1, 0.15) is 0 Å². The van der Waals surface area contributed by atoms with Crippen molar-refractivity contribution in [2.75, 3.05) is 44.2 Å². The van der Waals surface area contributed by atoms with E-state index in [1.54, 1.807) is 11.4 Å². The van der Waals surface area contributed by atoms with Crippen molar-refractivity contribution in [2.45, 2.75) is 84.5 Å². The van der Waals surface area contributed by atoms with Crippen LogP contribution in [0.4, 0.5) is 5.69 Å². The van der Waals surface area contributed by atoms with E-state index in [0.29, 0.717) is 31.8 Å². The summed E-state index contributed by atoms with van der Waals surface area (Å²) in [5, 5.41) is 4.66. The highest BCUT2D eigenvalue weighted by atomic mass is 16.8. The van der Waals surface area contributed by atoms with Gasteiger partial charge in [-0.2, -0.15) is 0 Å². The number of rotatable bonds is 5. The lowest BCUT2D eigenvalue weighted by molar-refractivity contribution is -0.156. The number of anilines is 1. The van der Waals surface area contributed by atoms with Gasteiger partial charge >= 0.3 is 5.97 Å². The van der Waals surface area contributed by atoms with Gasteiger partial charge in [0.05, 0.1) is 18.3 Å². The Morgan fingerprint density at radius 2 is 1.68 bits per heavy atom. The molecule has 4 atom stereocenters. The third kappa shape index (κ3) is 5.66. The van der Waals surface area contributed by atoms with Gasteiger partial charge in [0.25, 0.3) is 5.91 Å². The summed E-state index contributed by atoms with van der Waals surface area (Å²) in [6.45, 7) is 15.9. The fourth-order valence-corrected chi connectivity index (χ4v) is 7.78. The summed E-state index contributed by atoms with van der Waals surface area (Å²) in [4.78, 5) is 50.5. The summed E-state index contributed by atoms with van der Waals surface area (Å²) in [5.41, 5.74) is 2.29. The Hall–Kier alpha value is -3.99. The van der Waals surface area contributed by atoms with Gasteiger partial charge < -0.3 is 24.2 Å². The first-order valence-electron chi connectivity index (χ1n) is 16.8. The zero-order valence-electron chi connectivity index (χ0n) is 28.4. The van der Waals surface area contributed by atoms with E-state index in [4.69, 9.17) is 9.47 Å². The largest absolute Gasteiger partial charge is 0.433 e. The molecule has 7 rings (SSSR count). The topological polar surface area (TPSA) is 110 Å². The van der Waals surface area contributed by atoms with E-state index < -0.39 is 17.9 Å². The molecule has 4 aliphatic rings. The lowest BCUT2D eigenvalue weighted by Gasteiger charge is -2.28. The number of likely N-dealkylation sites (tertiary alicyclic amines) is 2. The van der Waals surface area contributed by atoms with Crippen LogP contribution in [-0.4, -0.2) is 93.3 Å². The number of ether oxygens (including phenoxy) is 2. The number of aryl methyl sites for hydroxylation is 1. The Balaban J connectivity index is 1.000. The van der Waals surface area contributed by atoms with Crippen LogP contribution in [0.5, 0.6) is 0 Å². The third-order valence-electron chi connectivity index (χ3n) is 10.8. The van der Waals surface area contributed by atoms with Crippen molar-refractivity contribution < 1.29 is 23.9 Å². The molecule has 1 aromatic carbocycles. The van der Waals surface area contributed by atoms with E-state index >= 15 is 0 Å². The minimum Gasteiger partial charge on any atom is -0.433 e. The number of hydrogen-bond donors (Lipinski definition) is 0. The Kier molecular flexibility index (Phi) is 7.42. The number of hydrogen-bond acceptors (Lipinski definition) is 8. The van der Waals surface area contributed by atoms with Crippen molar-refractivity contribution in [3.63, 3.8) is 0 Å². The number of nitrogens with zero attached hydrogens (tertiary/aromatic N) is 6. The molecule has 6 heterocycles. The van der Waals surface area contributed by atoms with E-state index in [0.717, 1.165) is 43.6 Å².